The molecule has 1 aromatic heterocycles. The maximum atomic E-state index is 13.5. The molecule has 0 amide bonds. The van der Waals surface area contributed by atoms with Crippen molar-refractivity contribution in [1.82, 2.24) is 9.66 Å². The zero-order valence-electron chi connectivity index (χ0n) is 20.9. The number of carbonyl (C=O) groups is 1. The molecule has 1 aliphatic rings. The number of hydrogen-bond donors (Lipinski definition) is 0. The maximum Gasteiger partial charge on any atom is 0.347 e. The summed E-state index contributed by atoms with van der Waals surface area (Å²) in [5.41, 5.74) is 0.277. The third-order valence-electron chi connectivity index (χ3n) is 6.28. The highest BCUT2D eigenvalue weighted by Crippen LogP contribution is 2.37. The molecule has 1 saturated carbocycles. The van der Waals surface area contributed by atoms with Crippen molar-refractivity contribution >= 4 is 60.6 Å². The highest BCUT2D eigenvalue weighted by Gasteiger charge is 2.26. The van der Waals surface area contributed by atoms with E-state index in [2.05, 4.69) is 37.0 Å². The number of nitro benzene ring substituents is 1. The number of fused-ring (bicyclic) bond motifs is 1. The molecule has 10 nitrogen and oxygen atoms in total. The van der Waals surface area contributed by atoms with Crippen LogP contribution in [0.1, 0.15) is 63.3 Å². The van der Waals surface area contributed by atoms with E-state index in [9.17, 15) is 19.7 Å². The monoisotopic (exact) mass is 648 g/mol. The summed E-state index contributed by atoms with van der Waals surface area (Å²) in [6.45, 7) is 3.27. The predicted octanol–water partition coefficient (Wildman–Crippen LogP) is 6.09. The zero-order valence-corrected chi connectivity index (χ0v) is 24.0. The van der Waals surface area contributed by atoms with E-state index in [1.807, 2.05) is 6.07 Å². The first-order valence-electron chi connectivity index (χ1n) is 12.3. The number of benzene rings is 2. The fourth-order valence-corrected chi connectivity index (χ4v) is 5.36. The minimum atomic E-state index is -1.05. The van der Waals surface area contributed by atoms with Gasteiger partial charge in [0.25, 0.3) is 5.56 Å². The second-order valence-electron chi connectivity index (χ2n) is 8.95. The second kappa shape index (κ2) is 12.2. The molecule has 0 spiro atoms. The lowest BCUT2D eigenvalue weighted by Gasteiger charge is -2.22. The molecule has 2 aromatic carbocycles. The summed E-state index contributed by atoms with van der Waals surface area (Å²) in [6, 6.07) is 8.20. The lowest BCUT2D eigenvalue weighted by Crippen LogP contribution is -2.26. The molecular weight excluding hydrogens is 624 g/mol. The lowest BCUT2D eigenvalue weighted by molar-refractivity contribution is -0.386. The summed E-state index contributed by atoms with van der Waals surface area (Å²) < 4.78 is 12.8. The Bertz CT molecular complexity index is 1470. The van der Waals surface area contributed by atoms with Crippen molar-refractivity contribution in [3.8, 4) is 5.75 Å². The molecule has 1 fully saturated rings. The van der Waals surface area contributed by atoms with Gasteiger partial charge in [0.05, 0.1) is 33.1 Å². The van der Waals surface area contributed by atoms with Crippen LogP contribution in [0.15, 0.2) is 49.2 Å². The predicted molar refractivity (Wildman–Crippen MR) is 150 cm³/mol. The van der Waals surface area contributed by atoms with Gasteiger partial charge in [-0.1, -0.05) is 35.2 Å². The van der Waals surface area contributed by atoms with E-state index in [0.29, 0.717) is 22.3 Å². The fraction of sp³-hybridized carbons (Fsp3) is 0.385. The first-order chi connectivity index (χ1) is 18.2. The van der Waals surface area contributed by atoms with Crippen LogP contribution in [0, 0.1) is 10.1 Å². The number of aromatic nitrogens is 2. The molecule has 38 heavy (non-hydrogen) atoms. The molecule has 3 aromatic rings. The number of halogens is 2. The smallest absolute Gasteiger partial charge is 0.347 e. The summed E-state index contributed by atoms with van der Waals surface area (Å²) in [5, 5.41) is 16.7. The van der Waals surface area contributed by atoms with E-state index in [1.54, 1.807) is 25.1 Å². The molecule has 0 aliphatic heterocycles. The van der Waals surface area contributed by atoms with Gasteiger partial charge in [-0.25, -0.2) is 9.78 Å². The van der Waals surface area contributed by atoms with E-state index in [4.69, 9.17) is 14.5 Å². The van der Waals surface area contributed by atoms with Gasteiger partial charge >= 0.3 is 11.7 Å². The molecule has 1 aliphatic carbocycles. The Morgan fingerprint density at radius 2 is 2.00 bits per heavy atom. The Labute approximate surface area is 235 Å². The van der Waals surface area contributed by atoms with E-state index in [1.165, 1.54) is 23.9 Å². The molecule has 12 heteroatoms. The molecule has 0 unspecified atom stereocenters. The third-order valence-corrected chi connectivity index (χ3v) is 7.36. The standard InChI is InChI=1S/C26H26Br2N4O6/c1-3-37-26(34)15(2)38-23-20(28)11-16(12-22(23)32(35)36)14-29-31-24(17-7-5-4-6-8-17)30-21-10-9-18(27)13-19(21)25(31)33/h9-15,17H,3-8H2,1-2H3/t15-/m1/s1. The molecular formula is C26H26Br2N4O6. The van der Waals surface area contributed by atoms with Crippen molar-refractivity contribution in [2.24, 2.45) is 5.10 Å². The van der Waals surface area contributed by atoms with Crippen LogP contribution in [0.25, 0.3) is 10.9 Å². The van der Waals surface area contributed by atoms with E-state index in [-0.39, 0.29) is 34.0 Å². The van der Waals surface area contributed by atoms with Crippen LogP contribution < -0.4 is 10.3 Å². The lowest BCUT2D eigenvalue weighted by atomic mass is 9.88. The van der Waals surface area contributed by atoms with Crippen molar-refractivity contribution in [2.45, 2.75) is 58.0 Å². The molecule has 0 bridgehead atoms. The maximum absolute atomic E-state index is 13.5. The zero-order chi connectivity index (χ0) is 27.4. The highest BCUT2D eigenvalue weighted by atomic mass is 79.9. The van der Waals surface area contributed by atoms with Crippen molar-refractivity contribution in [2.75, 3.05) is 6.61 Å². The van der Waals surface area contributed by atoms with Gasteiger partial charge in [-0.3, -0.25) is 14.9 Å². The van der Waals surface area contributed by atoms with Crippen LogP contribution in [-0.2, 0) is 9.53 Å². The van der Waals surface area contributed by atoms with Gasteiger partial charge in [-0.15, -0.1) is 0 Å². The van der Waals surface area contributed by atoms with E-state index >= 15 is 0 Å². The second-order valence-corrected chi connectivity index (χ2v) is 10.7. The van der Waals surface area contributed by atoms with Gasteiger partial charge in [0.15, 0.2) is 6.10 Å². The number of carbonyl (C=O) groups excluding carboxylic acids is 1. The first-order valence-corrected chi connectivity index (χ1v) is 13.9. The van der Waals surface area contributed by atoms with Crippen LogP contribution in [0.4, 0.5) is 5.69 Å². The fourth-order valence-electron chi connectivity index (χ4n) is 4.44. The van der Waals surface area contributed by atoms with Crippen molar-refractivity contribution < 1.29 is 19.2 Å². The highest BCUT2D eigenvalue weighted by molar-refractivity contribution is 9.10. The Balaban J connectivity index is 1.76. The van der Waals surface area contributed by atoms with Gasteiger partial charge in [-0.05, 0) is 66.9 Å². The van der Waals surface area contributed by atoms with Crippen LogP contribution in [-0.4, -0.2) is 39.5 Å². The minimum absolute atomic E-state index is 0.0860. The topological polar surface area (TPSA) is 126 Å². The minimum Gasteiger partial charge on any atom is -0.471 e. The molecule has 4 rings (SSSR count). The Morgan fingerprint density at radius 1 is 1.26 bits per heavy atom. The molecule has 200 valence electrons. The number of rotatable bonds is 8. The van der Waals surface area contributed by atoms with Gasteiger partial charge in [-0.2, -0.15) is 9.78 Å². The average molecular weight is 650 g/mol. The summed E-state index contributed by atoms with van der Waals surface area (Å²) >= 11 is 6.72. The van der Waals surface area contributed by atoms with Crippen LogP contribution in [0.5, 0.6) is 5.75 Å². The average Bonchev–Trinajstić information content (AvgIpc) is 2.90. The summed E-state index contributed by atoms with van der Waals surface area (Å²) in [4.78, 5) is 41.5. The van der Waals surface area contributed by atoms with E-state index < -0.39 is 17.0 Å². The number of hydrogen-bond acceptors (Lipinski definition) is 8. The molecule has 1 heterocycles. The molecule has 0 radical (unpaired) electrons. The number of nitro groups is 1. The van der Waals surface area contributed by atoms with Crippen LogP contribution in [0.3, 0.4) is 0 Å². The Hall–Kier alpha value is -3.12. The normalized spacial score (nSPS) is 15.1. The Kier molecular flexibility index (Phi) is 8.93. The first kappa shape index (κ1) is 27.9. The molecule has 0 saturated heterocycles. The largest absolute Gasteiger partial charge is 0.471 e. The molecule has 0 N–H and O–H groups in total. The Morgan fingerprint density at radius 3 is 2.68 bits per heavy atom. The van der Waals surface area contributed by atoms with Gasteiger partial charge < -0.3 is 9.47 Å². The summed E-state index contributed by atoms with van der Waals surface area (Å²) in [7, 11) is 0. The van der Waals surface area contributed by atoms with Crippen molar-refractivity contribution in [3.05, 3.63) is 71.1 Å². The van der Waals surface area contributed by atoms with E-state index in [0.717, 1.165) is 36.6 Å². The molecule has 1 atom stereocenters. The van der Waals surface area contributed by atoms with Crippen molar-refractivity contribution in [3.63, 3.8) is 0 Å². The van der Waals surface area contributed by atoms with Gasteiger partial charge in [0.1, 0.15) is 5.82 Å². The quantitative estimate of drug-likeness (QED) is 0.125. The van der Waals surface area contributed by atoms with Gasteiger partial charge in [0.2, 0.25) is 5.75 Å². The van der Waals surface area contributed by atoms with Crippen molar-refractivity contribution in [1.29, 1.82) is 0 Å². The number of nitrogens with zero attached hydrogens (tertiary/aromatic N) is 4. The third kappa shape index (κ3) is 6.12. The van der Waals surface area contributed by atoms with Crippen LogP contribution in [0.2, 0.25) is 0 Å². The van der Waals surface area contributed by atoms with Crippen LogP contribution >= 0.6 is 31.9 Å². The van der Waals surface area contributed by atoms with Gasteiger partial charge in [0, 0.05) is 22.0 Å². The summed E-state index contributed by atoms with van der Waals surface area (Å²) in [6.07, 6.45) is 5.39. The number of esters is 1. The summed E-state index contributed by atoms with van der Waals surface area (Å²) in [5.74, 6) is -0.0743. The SMILES string of the molecule is CCOC(=O)[C@@H](C)Oc1c(Br)cc(C=Nn2c(C3CCCCC3)nc3ccc(Br)cc3c2=O)cc1[N+](=O)[O-]. The number of ether oxygens (including phenoxy) is 2.